The summed E-state index contributed by atoms with van der Waals surface area (Å²) in [5.41, 5.74) is 0. The van der Waals surface area contributed by atoms with Gasteiger partial charge in [0.2, 0.25) is 11.8 Å². The second-order valence-electron chi connectivity index (χ2n) is 4.88. The Bertz CT molecular complexity index is 511. The van der Waals surface area contributed by atoms with Crippen molar-refractivity contribution < 1.29 is 19.2 Å². The summed E-state index contributed by atoms with van der Waals surface area (Å²) in [4.78, 5) is 28.2. The Labute approximate surface area is 108 Å². The SMILES string of the molecule is O=C1CN(Cc2nc(C3CC3)no2)C(C(=O)O)CN1. The summed E-state index contributed by atoms with van der Waals surface area (Å²) in [6, 6.07) is -0.756. The van der Waals surface area contributed by atoms with Gasteiger partial charge in [-0.05, 0) is 12.8 Å². The number of carboxylic acid groups (broad SMARTS) is 1. The van der Waals surface area contributed by atoms with Gasteiger partial charge in [-0.25, -0.2) is 0 Å². The number of aliphatic carboxylic acids is 1. The third-order valence-corrected chi connectivity index (χ3v) is 3.33. The molecule has 3 rings (SSSR count). The zero-order valence-electron chi connectivity index (χ0n) is 10.2. The lowest BCUT2D eigenvalue weighted by Gasteiger charge is -2.31. The van der Waals surface area contributed by atoms with Crippen LogP contribution in [0.3, 0.4) is 0 Å². The first-order chi connectivity index (χ1) is 9.13. The Morgan fingerprint density at radius 3 is 3.00 bits per heavy atom. The van der Waals surface area contributed by atoms with Crippen molar-refractivity contribution in [3.8, 4) is 0 Å². The van der Waals surface area contributed by atoms with Gasteiger partial charge in [0.25, 0.3) is 0 Å². The number of carbonyl (C=O) groups excluding carboxylic acids is 1. The minimum absolute atomic E-state index is 0.0259. The van der Waals surface area contributed by atoms with Crippen LogP contribution in [0.15, 0.2) is 4.52 Å². The number of carbonyl (C=O) groups is 2. The normalized spacial score (nSPS) is 24.2. The quantitative estimate of drug-likeness (QED) is 0.744. The van der Waals surface area contributed by atoms with E-state index in [1.807, 2.05) is 0 Å². The molecule has 1 aliphatic carbocycles. The molecule has 1 unspecified atom stereocenters. The molecule has 1 saturated carbocycles. The molecule has 8 heteroatoms. The zero-order valence-corrected chi connectivity index (χ0v) is 10.2. The van der Waals surface area contributed by atoms with Crippen LogP contribution in [0.4, 0.5) is 0 Å². The molecule has 2 N–H and O–H groups in total. The summed E-state index contributed by atoms with van der Waals surface area (Å²) in [6.45, 7) is 0.306. The van der Waals surface area contributed by atoms with E-state index >= 15 is 0 Å². The van der Waals surface area contributed by atoms with Gasteiger partial charge in [0.1, 0.15) is 6.04 Å². The topological polar surface area (TPSA) is 109 Å². The molecule has 8 nitrogen and oxygen atoms in total. The molecule has 1 atom stereocenters. The van der Waals surface area contributed by atoms with E-state index < -0.39 is 12.0 Å². The highest BCUT2D eigenvalue weighted by atomic mass is 16.5. The minimum Gasteiger partial charge on any atom is -0.480 e. The van der Waals surface area contributed by atoms with Crippen molar-refractivity contribution in [1.29, 1.82) is 0 Å². The second-order valence-corrected chi connectivity index (χ2v) is 4.88. The first-order valence-electron chi connectivity index (χ1n) is 6.19. The van der Waals surface area contributed by atoms with Gasteiger partial charge in [-0.1, -0.05) is 5.16 Å². The second kappa shape index (κ2) is 4.61. The van der Waals surface area contributed by atoms with Gasteiger partial charge in [-0.2, -0.15) is 4.98 Å². The van der Waals surface area contributed by atoms with Crippen molar-refractivity contribution in [3.63, 3.8) is 0 Å². The monoisotopic (exact) mass is 266 g/mol. The highest BCUT2D eigenvalue weighted by Gasteiger charge is 2.34. The molecule has 102 valence electrons. The van der Waals surface area contributed by atoms with Crippen molar-refractivity contribution in [3.05, 3.63) is 11.7 Å². The zero-order chi connectivity index (χ0) is 13.4. The molecule has 0 bridgehead atoms. The molecule has 2 aliphatic rings. The van der Waals surface area contributed by atoms with E-state index in [1.165, 1.54) is 4.90 Å². The number of aromatic nitrogens is 2. The van der Waals surface area contributed by atoms with Crippen LogP contribution in [0.1, 0.15) is 30.5 Å². The molecule has 1 aromatic rings. The van der Waals surface area contributed by atoms with Gasteiger partial charge in [0.15, 0.2) is 5.82 Å². The fourth-order valence-corrected chi connectivity index (χ4v) is 2.11. The standard InChI is InChI=1S/C11H14N4O4/c16-8-4-15(7(3-12-8)11(17)18)5-9-13-10(14-19-9)6-1-2-6/h6-7H,1-5H2,(H,12,16)(H,17,18). The first-order valence-corrected chi connectivity index (χ1v) is 6.19. The van der Waals surface area contributed by atoms with E-state index in [0.717, 1.165) is 12.8 Å². The van der Waals surface area contributed by atoms with Crippen LogP contribution in [0.5, 0.6) is 0 Å². The highest BCUT2D eigenvalue weighted by molar-refractivity contribution is 5.83. The molecule has 1 amide bonds. The average Bonchev–Trinajstić information content (AvgIpc) is 3.10. The van der Waals surface area contributed by atoms with Gasteiger partial charge < -0.3 is 14.9 Å². The van der Waals surface area contributed by atoms with Crippen LogP contribution < -0.4 is 5.32 Å². The summed E-state index contributed by atoms with van der Waals surface area (Å²) < 4.78 is 5.10. The number of hydrogen-bond acceptors (Lipinski definition) is 6. The van der Waals surface area contributed by atoms with Gasteiger partial charge >= 0.3 is 5.97 Å². The first kappa shape index (κ1) is 12.1. The van der Waals surface area contributed by atoms with Gasteiger partial charge in [-0.15, -0.1) is 0 Å². The highest BCUT2D eigenvalue weighted by Crippen LogP contribution is 2.38. The molecule has 19 heavy (non-hydrogen) atoms. The van der Waals surface area contributed by atoms with Crippen molar-refractivity contribution in [2.45, 2.75) is 31.3 Å². The van der Waals surface area contributed by atoms with Crippen LogP contribution in [-0.2, 0) is 16.1 Å². The van der Waals surface area contributed by atoms with Gasteiger partial charge in [-0.3, -0.25) is 14.5 Å². The molecule has 1 aliphatic heterocycles. The molecule has 0 aromatic carbocycles. The van der Waals surface area contributed by atoms with Gasteiger partial charge in [0.05, 0.1) is 13.1 Å². The fraction of sp³-hybridized carbons (Fsp3) is 0.636. The Kier molecular flexibility index (Phi) is 2.94. The molecule has 1 saturated heterocycles. The summed E-state index contributed by atoms with van der Waals surface area (Å²) in [7, 11) is 0. The number of amides is 1. The lowest BCUT2D eigenvalue weighted by molar-refractivity contribution is -0.146. The molecule has 2 fully saturated rings. The van der Waals surface area contributed by atoms with E-state index in [-0.39, 0.29) is 25.5 Å². The molecular formula is C11H14N4O4. The molecule has 2 heterocycles. The lowest BCUT2D eigenvalue weighted by Crippen LogP contribution is -2.56. The largest absolute Gasteiger partial charge is 0.480 e. The molecular weight excluding hydrogens is 252 g/mol. The predicted molar refractivity (Wildman–Crippen MR) is 61.1 cm³/mol. The van der Waals surface area contributed by atoms with Crippen molar-refractivity contribution in [1.82, 2.24) is 20.4 Å². The van der Waals surface area contributed by atoms with Gasteiger partial charge in [0, 0.05) is 12.5 Å². The number of nitrogens with zero attached hydrogens (tertiary/aromatic N) is 3. The average molecular weight is 266 g/mol. The Morgan fingerprint density at radius 2 is 2.32 bits per heavy atom. The fourth-order valence-electron chi connectivity index (χ4n) is 2.11. The van der Waals surface area contributed by atoms with E-state index in [9.17, 15) is 9.59 Å². The number of nitrogens with one attached hydrogen (secondary N) is 1. The van der Waals surface area contributed by atoms with Crippen LogP contribution >= 0.6 is 0 Å². The Balaban J connectivity index is 1.70. The number of carboxylic acids is 1. The predicted octanol–water partition coefficient (Wildman–Crippen LogP) is -0.668. The summed E-state index contributed by atoms with van der Waals surface area (Å²) in [5.74, 6) is 0.268. The van der Waals surface area contributed by atoms with E-state index in [4.69, 9.17) is 9.63 Å². The maximum Gasteiger partial charge on any atom is 0.322 e. The molecule has 0 spiro atoms. The number of piperazine rings is 1. The Morgan fingerprint density at radius 1 is 1.53 bits per heavy atom. The lowest BCUT2D eigenvalue weighted by atomic mass is 10.2. The van der Waals surface area contributed by atoms with Crippen LogP contribution in [0.25, 0.3) is 0 Å². The maximum absolute atomic E-state index is 11.3. The number of hydrogen-bond donors (Lipinski definition) is 2. The van der Waals surface area contributed by atoms with E-state index in [1.54, 1.807) is 0 Å². The number of rotatable bonds is 4. The van der Waals surface area contributed by atoms with Crippen molar-refractivity contribution in [2.75, 3.05) is 13.1 Å². The Hall–Kier alpha value is -1.96. The summed E-state index contributed by atoms with van der Waals surface area (Å²) >= 11 is 0. The van der Waals surface area contributed by atoms with Crippen molar-refractivity contribution >= 4 is 11.9 Å². The smallest absolute Gasteiger partial charge is 0.322 e. The van der Waals surface area contributed by atoms with Crippen LogP contribution in [0, 0.1) is 0 Å². The molecule has 0 radical (unpaired) electrons. The summed E-state index contributed by atoms with van der Waals surface area (Å²) in [5, 5.41) is 15.5. The van der Waals surface area contributed by atoms with Crippen molar-refractivity contribution in [2.24, 2.45) is 0 Å². The summed E-state index contributed by atoms with van der Waals surface area (Å²) in [6.07, 6.45) is 2.14. The third kappa shape index (κ3) is 2.58. The minimum atomic E-state index is -0.970. The van der Waals surface area contributed by atoms with Crippen LogP contribution in [-0.4, -0.2) is 51.2 Å². The third-order valence-electron chi connectivity index (χ3n) is 3.33. The van der Waals surface area contributed by atoms with Crippen LogP contribution in [0.2, 0.25) is 0 Å². The maximum atomic E-state index is 11.3. The molecule has 1 aromatic heterocycles. The van der Waals surface area contributed by atoms with E-state index in [0.29, 0.717) is 17.6 Å². The van der Waals surface area contributed by atoms with E-state index in [2.05, 4.69) is 15.5 Å².